The van der Waals surface area contributed by atoms with E-state index in [2.05, 4.69) is 45.0 Å². The fourth-order valence-electron chi connectivity index (χ4n) is 1.89. The number of benzene rings is 1. The number of hydrogen-bond donors (Lipinski definition) is 1. The summed E-state index contributed by atoms with van der Waals surface area (Å²) in [5.41, 5.74) is 8.52. The number of nitrogens with two attached hydrogens (primary N) is 1. The van der Waals surface area contributed by atoms with E-state index >= 15 is 0 Å². The quantitative estimate of drug-likeness (QED) is 0.801. The molecule has 0 amide bonds. The fraction of sp³-hybridized carbons (Fsp3) is 0.571. The van der Waals surface area contributed by atoms with Gasteiger partial charge in [-0.1, -0.05) is 24.3 Å². The molecule has 1 rings (SSSR count). The van der Waals surface area contributed by atoms with Gasteiger partial charge in [-0.25, -0.2) is 0 Å². The molecule has 0 aliphatic rings. The molecule has 2 heteroatoms. The van der Waals surface area contributed by atoms with Crippen molar-refractivity contribution in [3.8, 4) is 0 Å². The maximum absolute atomic E-state index is 5.84. The lowest BCUT2D eigenvalue weighted by Crippen LogP contribution is -2.17. The third-order valence-corrected chi connectivity index (χ3v) is 2.83. The Labute approximate surface area is 98.8 Å². The summed E-state index contributed by atoms with van der Waals surface area (Å²) in [5.74, 6) is 0.417. The molecule has 0 aliphatic heterocycles. The van der Waals surface area contributed by atoms with Gasteiger partial charge in [-0.2, -0.15) is 0 Å². The molecule has 0 fully saturated rings. The van der Waals surface area contributed by atoms with E-state index in [0.717, 1.165) is 13.0 Å². The molecule has 1 aromatic rings. The van der Waals surface area contributed by atoms with Crippen molar-refractivity contribution in [2.75, 3.05) is 13.2 Å². The van der Waals surface area contributed by atoms with Gasteiger partial charge in [0, 0.05) is 6.61 Å². The fourth-order valence-corrected chi connectivity index (χ4v) is 1.89. The van der Waals surface area contributed by atoms with Crippen molar-refractivity contribution < 1.29 is 4.74 Å². The maximum atomic E-state index is 5.84. The molecule has 1 aromatic carbocycles. The van der Waals surface area contributed by atoms with Crippen LogP contribution in [0.15, 0.2) is 24.3 Å². The van der Waals surface area contributed by atoms with Gasteiger partial charge in [0.1, 0.15) is 0 Å². The van der Waals surface area contributed by atoms with Crippen molar-refractivity contribution in [2.24, 2.45) is 5.73 Å². The van der Waals surface area contributed by atoms with Gasteiger partial charge in [-0.05, 0) is 50.8 Å². The minimum Gasteiger partial charge on any atom is -0.379 e. The molecule has 90 valence electrons. The molecule has 0 radical (unpaired) electrons. The maximum Gasteiger partial charge on any atom is 0.0518 e. The van der Waals surface area contributed by atoms with Gasteiger partial charge in [0.25, 0.3) is 0 Å². The number of rotatable bonds is 6. The lowest BCUT2D eigenvalue weighted by molar-refractivity contribution is 0.0737. The van der Waals surface area contributed by atoms with E-state index in [0.29, 0.717) is 18.6 Å². The third kappa shape index (κ3) is 3.95. The Morgan fingerprint density at radius 1 is 1.25 bits per heavy atom. The van der Waals surface area contributed by atoms with Gasteiger partial charge >= 0.3 is 0 Å². The Balaban J connectivity index is 2.57. The highest BCUT2D eigenvalue weighted by Crippen LogP contribution is 2.22. The molecule has 0 aromatic heterocycles. The molecule has 0 spiro atoms. The summed E-state index contributed by atoms with van der Waals surface area (Å²) in [6.07, 6.45) is 1.30. The van der Waals surface area contributed by atoms with Crippen molar-refractivity contribution in [2.45, 2.75) is 39.2 Å². The largest absolute Gasteiger partial charge is 0.379 e. The van der Waals surface area contributed by atoms with E-state index < -0.39 is 0 Å². The summed E-state index contributed by atoms with van der Waals surface area (Å²) < 4.78 is 5.58. The highest BCUT2D eigenvalue weighted by atomic mass is 16.5. The highest BCUT2D eigenvalue weighted by molar-refractivity contribution is 5.29. The minimum atomic E-state index is 0.301. The zero-order valence-electron chi connectivity index (χ0n) is 10.6. The molecule has 0 aliphatic carbocycles. The first-order valence-electron chi connectivity index (χ1n) is 6.02. The van der Waals surface area contributed by atoms with Crippen molar-refractivity contribution in [3.05, 3.63) is 35.4 Å². The smallest absolute Gasteiger partial charge is 0.0518 e. The summed E-state index contributed by atoms with van der Waals surface area (Å²) >= 11 is 0. The van der Waals surface area contributed by atoms with Crippen molar-refractivity contribution in [3.63, 3.8) is 0 Å². The Kier molecular flexibility index (Phi) is 5.50. The lowest BCUT2D eigenvalue weighted by atomic mass is 9.92. The van der Waals surface area contributed by atoms with Gasteiger partial charge in [0.05, 0.1) is 6.10 Å². The number of hydrogen-bond acceptors (Lipinski definition) is 2. The first-order valence-corrected chi connectivity index (χ1v) is 6.02. The predicted octanol–water partition coefficient (Wildman–Crippen LogP) is 2.85. The van der Waals surface area contributed by atoms with Crippen LogP contribution in [0.2, 0.25) is 0 Å². The average Bonchev–Trinajstić information content (AvgIpc) is 2.25. The van der Waals surface area contributed by atoms with Gasteiger partial charge in [0.15, 0.2) is 0 Å². The molecule has 0 heterocycles. The topological polar surface area (TPSA) is 35.2 Å². The van der Waals surface area contributed by atoms with E-state index in [1.54, 1.807) is 0 Å². The van der Waals surface area contributed by atoms with Gasteiger partial charge < -0.3 is 10.5 Å². The van der Waals surface area contributed by atoms with Crippen molar-refractivity contribution >= 4 is 0 Å². The normalized spacial score (nSPS) is 13.1. The summed E-state index contributed by atoms with van der Waals surface area (Å²) in [6, 6.07) is 8.45. The summed E-state index contributed by atoms with van der Waals surface area (Å²) in [4.78, 5) is 0. The van der Waals surface area contributed by atoms with Crippen LogP contribution in [0.4, 0.5) is 0 Å². The molecule has 16 heavy (non-hydrogen) atoms. The third-order valence-electron chi connectivity index (χ3n) is 2.83. The minimum absolute atomic E-state index is 0.301. The monoisotopic (exact) mass is 221 g/mol. The van der Waals surface area contributed by atoms with E-state index in [4.69, 9.17) is 10.5 Å². The highest BCUT2D eigenvalue weighted by Gasteiger charge is 2.11. The van der Waals surface area contributed by atoms with E-state index in [-0.39, 0.29) is 0 Å². The first-order chi connectivity index (χ1) is 7.65. The Morgan fingerprint density at radius 3 is 2.50 bits per heavy atom. The summed E-state index contributed by atoms with van der Waals surface area (Å²) in [7, 11) is 0. The molecule has 1 unspecified atom stereocenters. The molecular weight excluding hydrogens is 198 g/mol. The van der Waals surface area contributed by atoms with Crippen LogP contribution in [0.1, 0.15) is 37.3 Å². The van der Waals surface area contributed by atoms with Crippen LogP contribution in [-0.4, -0.2) is 19.3 Å². The molecule has 0 saturated heterocycles. The molecule has 0 saturated carbocycles. The molecule has 1 atom stereocenters. The van der Waals surface area contributed by atoms with Gasteiger partial charge in [0.2, 0.25) is 0 Å². The first kappa shape index (κ1) is 13.2. The Morgan fingerprint density at radius 2 is 1.94 bits per heavy atom. The van der Waals surface area contributed by atoms with Crippen LogP contribution in [0.25, 0.3) is 0 Å². The lowest BCUT2D eigenvalue weighted by Gasteiger charge is -2.18. The van der Waals surface area contributed by atoms with Crippen LogP contribution in [0.3, 0.4) is 0 Å². The second-order valence-corrected chi connectivity index (χ2v) is 4.50. The number of ether oxygens (including phenoxy) is 1. The van der Waals surface area contributed by atoms with Gasteiger partial charge in [-0.15, -0.1) is 0 Å². The van der Waals surface area contributed by atoms with Crippen LogP contribution >= 0.6 is 0 Å². The molecule has 0 bridgehead atoms. The summed E-state index contributed by atoms with van der Waals surface area (Å²) in [6.45, 7) is 7.73. The van der Waals surface area contributed by atoms with Crippen LogP contribution < -0.4 is 5.73 Å². The number of aryl methyl sites for hydroxylation is 1. The summed E-state index contributed by atoms with van der Waals surface area (Å²) in [5, 5.41) is 0. The molecular formula is C14H23NO. The van der Waals surface area contributed by atoms with E-state index in [1.807, 2.05) is 0 Å². The SMILES string of the molecule is Cc1ccccc1C(CN)CCOC(C)C. The van der Waals surface area contributed by atoms with E-state index in [1.165, 1.54) is 11.1 Å². The van der Waals surface area contributed by atoms with E-state index in [9.17, 15) is 0 Å². The molecule has 2 nitrogen and oxygen atoms in total. The zero-order valence-corrected chi connectivity index (χ0v) is 10.6. The second-order valence-electron chi connectivity index (χ2n) is 4.50. The van der Waals surface area contributed by atoms with Gasteiger partial charge in [-0.3, -0.25) is 0 Å². The van der Waals surface area contributed by atoms with Crippen LogP contribution in [0.5, 0.6) is 0 Å². The van der Waals surface area contributed by atoms with Crippen LogP contribution in [-0.2, 0) is 4.74 Å². The zero-order chi connectivity index (χ0) is 12.0. The van der Waals surface area contributed by atoms with Crippen molar-refractivity contribution in [1.82, 2.24) is 0 Å². The average molecular weight is 221 g/mol. The molecule has 2 N–H and O–H groups in total. The van der Waals surface area contributed by atoms with Crippen LogP contribution in [0, 0.1) is 6.92 Å². The standard InChI is InChI=1S/C14H23NO/c1-11(2)16-9-8-13(10-15)14-7-5-4-6-12(14)3/h4-7,11,13H,8-10,15H2,1-3H3. The van der Waals surface area contributed by atoms with Crippen molar-refractivity contribution in [1.29, 1.82) is 0 Å². The second kappa shape index (κ2) is 6.66. The Bertz CT molecular complexity index is 309. The predicted molar refractivity (Wildman–Crippen MR) is 68.7 cm³/mol. The Hall–Kier alpha value is -0.860.